The van der Waals surface area contributed by atoms with Crippen LogP contribution in [0, 0.1) is 17.8 Å². The summed E-state index contributed by atoms with van der Waals surface area (Å²) >= 11 is 0. The standard InChI is InChI=1S/C16H20N2O2/c17-16(20)11-3-5-14(6-4-11)18-15(19)9-13-8-10-1-2-12(13)7-10/h3-6,10,12-13H,1-2,7-9H2,(H2,17,20)(H,18,19)/t10-,12-,13-/m1/s1. The van der Waals surface area contributed by atoms with E-state index in [9.17, 15) is 9.59 Å². The number of hydrogen-bond donors (Lipinski definition) is 2. The molecule has 0 saturated heterocycles. The van der Waals surface area contributed by atoms with Crippen molar-refractivity contribution in [3.05, 3.63) is 29.8 Å². The quantitative estimate of drug-likeness (QED) is 0.884. The van der Waals surface area contributed by atoms with Crippen molar-refractivity contribution < 1.29 is 9.59 Å². The Labute approximate surface area is 118 Å². The summed E-state index contributed by atoms with van der Waals surface area (Å²) in [6.07, 6.45) is 5.83. The summed E-state index contributed by atoms with van der Waals surface area (Å²) < 4.78 is 0. The molecule has 3 rings (SSSR count). The van der Waals surface area contributed by atoms with E-state index in [-0.39, 0.29) is 5.91 Å². The van der Waals surface area contributed by atoms with Gasteiger partial charge in [-0.05, 0) is 61.3 Å². The number of benzene rings is 1. The lowest BCUT2D eigenvalue weighted by Gasteiger charge is -2.20. The second-order valence-corrected chi connectivity index (χ2v) is 6.13. The molecule has 0 aliphatic heterocycles. The van der Waals surface area contributed by atoms with Crippen LogP contribution in [0.4, 0.5) is 5.69 Å². The SMILES string of the molecule is NC(=O)c1ccc(NC(=O)C[C@H]2C[C@@H]3CC[C@@H]2C3)cc1. The number of hydrogen-bond acceptors (Lipinski definition) is 2. The maximum Gasteiger partial charge on any atom is 0.248 e. The molecule has 0 unspecified atom stereocenters. The Balaban J connectivity index is 1.55. The minimum absolute atomic E-state index is 0.0781. The van der Waals surface area contributed by atoms with Gasteiger partial charge in [-0.3, -0.25) is 9.59 Å². The van der Waals surface area contributed by atoms with Crippen LogP contribution < -0.4 is 11.1 Å². The Morgan fingerprint density at radius 2 is 1.90 bits per heavy atom. The fourth-order valence-electron chi connectivity index (χ4n) is 3.79. The Bertz CT molecular complexity index is 524. The molecule has 20 heavy (non-hydrogen) atoms. The first-order valence-electron chi connectivity index (χ1n) is 7.31. The number of primary amides is 1. The molecule has 1 aromatic rings. The van der Waals surface area contributed by atoms with E-state index in [1.807, 2.05) is 0 Å². The number of nitrogens with two attached hydrogens (primary N) is 1. The zero-order valence-corrected chi connectivity index (χ0v) is 11.5. The van der Waals surface area contributed by atoms with Gasteiger partial charge in [0.25, 0.3) is 0 Å². The Kier molecular flexibility index (Phi) is 3.47. The van der Waals surface area contributed by atoms with Crippen molar-refractivity contribution in [2.75, 3.05) is 5.32 Å². The topological polar surface area (TPSA) is 72.2 Å². The lowest BCUT2D eigenvalue weighted by molar-refractivity contribution is -0.117. The van der Waals surface area contributed by atoms with E-state index in [1.165, 1.54) is 25.7 Å². The predicted octanol–water partition coefficient (Wildman–Crippen LogP) is 2.55. The number of anilines is 1. The van der Waals surface area contributed by atoms with E-state index in [1.54, 1.807) is 24.3 Å². The first-order valence-corrected chi connectivity index (χ1v) is 7.31. The van der Waals surface area contributed by atoms with E-state index >= 15 is 0 Å². The van der Waals surface area contributed by atoms with Crippen LogP contribution in [-0.4, -0.2) is 11.8 Å². The van der Waals surface area contributed by atoms with Crippen LogP contribution >= 0.6 is 0 Å². The van der Waals surface area contributed by atoms with Crippen LogP contribution in [-0.2, 0) is 4.79 Å². The number of rotatable bonds is 4. The molecular formula is C16H20N2O2. The minimum atomic E-state index is -0.454. The molecule has 0 radical (unpaired) electrons. The van der Waals surface area contributed by atoms with Gasteiger partial charge in [0.2, 0.25) is 11.8 Å². The highest BCUT2D eigenvalue weighted by atomic mass is 16.2. The molecule has 2 bridgehead atoms. The molecule has 0 spiro atoms. The van der Waals surface area contributed by atoms with Crippen molar-refractivity contribution in [2.24, 2.45) is 23.5 Å². The summed E-state index contributed by atoms with van der Waals surface area (Å²) in [7, 11) is 0. The summed E-state index contributed by atoms with van der Waals surface area (Å²) in [5.41, 5.74) is 6.36. The number of amides is 2. The molecule has 106 valence electrons. The normalized spacial score (nSPS) is 27.5. The second kappa shape index (κ2) is 5.27. The van der Waals surface area contributed by atoms with Gasteiger partial charge in [0.15, 0.2) is 0 Å². The first kappa shape index (κ1) is 13.2. The van der Waals surface area contributed by atoms with Crippen LogP contribution in [0.2, 0.25) is 0 Å². The zero-order valence-electron chi connectivity index (χ0n) is 11.5. The molecule has 0 heterocycles. The summed E-state index contributed by atoms with van der Waals surface area (Å²) in [5.74, 6) is 1.83. The van der Waals surface area contributed by atoms with E-state index in [0.717, 1.165) is 17.5 Å². The van der Waals surface area contributed by atoms with Gasteiger partial charge in [-0.2, -0.15) is 0 Å². The van der Waals surface area contributed by atoms with Crippen LogP contribution in [0.25, 0.3) is 0 Å². The van der Waals surface area contributed by atoms with Crippen molar-refractivity contribution >= 4 is 17.5 Å². The molecule has 2 amide bonds. The summed E-state index contributed by atoms with van der Waals surface area (Å²) in [6, 6.07) is 6.71. The van der Waals surface area contributed by atoms with Crippen molar-refractivity contribution in [3.8, 4) is 0 Å². The smallest absolute Gasteiger partial charge is 0.248 e. The molecular weight excluding hydrogens is 252 g/mol. The molecule has 4 heteroatoms. The van der Waals surface area contributed by atoms with Gasteiger partial charge in [-0.15, -0.1) is 0 Å². The van der Waals surface area contributed by atoms with Crippen molar-refractivity contribution in [3.63, 3.8) is 0 Å². The van der Waals surface area contributed by atoms with Gasteiger partial charge in [0, 0.05) is 17.7 Å². The third-order valence-electron chi connectivity index (χ3n) is 4.79. The van der Waals surface area contributed by atoms with Crippen molar-refractivity contribution in [1.29, 1.82) is 0 Å². The average molecular weight is 272 g/mol. The fraction of sp³-hybridized carbons (Fsp3) is 0.500. The second-order valence-electron chi connectivity index (χ2n) is 6.13. The predicted molar refractivity (Wildman–Crippen MR) is 77.1 cm³/mol. The first-order chi connectivity index (χ1) is 9.61. The lowest BCUT2D eigenvalue weighted by Crippen LogP contribution is -2.20. The zero-order chi connectivity index (χ0) is 14.1. The highest BCUT2D eigenvalue weighted by Crippen LogP contribution is 2.49. The van der Waals surface area contributed by atoms with Crippen LogP contribution in [0.5, 0.6) is 0 Å². The number of carbonyl (C=O) groups is 2. The fourth-order valence-corrected chi connectivity index (χ4v) is 3.79. The van der Waals surface area contributed by atoms with Gasteiger partial charge >= 0.3 is 0 Å². The minimum Gasteiger partial charge on any atom is -0.366 e. The van der Waals surface area contributed by atoms with E-state index < -0.39 is 5.91 Å². The van der Waals surface area contributed by atoms with Crippen LogP contribution in [0.15, 0.2) is 24.3 Å². The van der Waals surface area contributed by atoms with Gasteiger partial charge in [-0.1, -0.05) is 6.42 Å². The van der Waals surface area contributed by atoms with Gasteiger partial charge in [-0.25, -0.2) is 0 Å². The number of carbonyl (C=O) groups excluding carboxylic acids is 2. The maximum absolute atomic E-state index is 12.1. The largest absolute Gasteiger partial charge is 0.366 e. The van der Waals surface area contributed by atoms with Gasteiger partial charge in [0.1, 0.15) is 0 Å². The summed E-state index contributed by atoms with van der Waals surface area (Å²) in [5, 5.41) is 2.90. The number of fused-ring (bicyclic) bond motifs is 2. The van der Waals surface area contributed by atoms with Crippen molar-refractivity contribution in [1.82, 2.24) is 0 Å². The monoisotopic (exact) mass is 272 g/mol. The highest BCUT2D eigenvalue weighted by molar-refractivity contribution is 5.94. The molecule has 3 N–H and O–H groups in total. The molecule has 2 saturated carbocycles. The molecule has 2 fully saturated rings. The molecule has 4 nitrogen and oxygen atoms in total. The summed E-state index contributed by atoms with van der Waals surface area (Å²) in [4.78, 5) is 23.0. The third kappa shape index (κ3) is 2.69. The molecule has 2 aliphatic carbocycles. The number of nitrogens with one attached hydrogen (secondary N) is 1. The van der Waals surface area contributed by atoms with Gasteiger partial charge in [0.05, 0.1) is 0 Å². The average Bonchev–Trinajstić information content (AvgIpc) is 3.01. The molecule has 2 aliphatic rings. The van der Waals surface area contributed by atoms with E-state index in [2.05, 4.69) is 5.32 Å². The Morgan fingerprint density at radius 1 is 1.15 bits per heavy atom. The lowest BCUT2D eigenvalue weighted by atomic mass is 9.86. The molecule has 3 atom stereocenters. The molecule has 0 aromatic heterocycles. The van der Waals surface area contributed by atoms with E-state index in [0.29, 0.717) is 17.9 Å². The Hall–Kier alpha value is -1.84. The third-order valence-corrected chi connectivity index (χ3v) is 4.79. The highest BCUT2D eigenvalue weighted by Gasteiger charge is 2.40. The van der Waals surface area contributed by atoms with Crippen molar-refractivity contribution in [2.45, 2.75) is 32.1 Å². The maximum atomic E-state index is 12.1. The Morgan fingerprint density at radius 3 is 2.45 bits per heavy atom. The van der Waals surface area contributed by atoms with E-state index in [4.69, 9.17) is 5.73 Å². The van der Waals surface area contributed by atoms with Crippen LogP contribution in [0.3, 0.4) is 0 Å². The molecule has 1 aromatic carbocycles. The summed E-state index contributed by atoms with van der Waals surface area (Å²) in [6.45, 7) is 0. The van der Waals surface area contributed by atoms with Crippen LogP contribution in [0.1, 0.15) is 42.5 Å². The van der Waals surface area contributed by atoms with Gasteiger partial charge < -0.3 is 11.1 Å².